The maximum absolute atomic E-state index is 13.1. The third kappa shape index (κ3) is 3.35. The van der Waals surface area contributed by atoms with E-state index in [0.29, 0.717) is 0 Å². The van der Waals surface area contributed by atoms with Crippen LogP contribution < -0.4 is 0 Å². The lowest BCUT2D eigenvalue weighted by molar-refractivity contribution is -0.132. The van der Waals surface area contributed by atoms with E-state index in [1.54, 1.807) is 0 Å². The number of rotatable bonds is 3. The molecule has 88 valence electrons. The summed E-state index contributed by atoms with van der Waals surface area (Å²) in [6.45, 7) is 0. The molecule has 17 heavy (non-hydrogen) atoms. The van der Waals surface area contributed by atoms with Crippen molar-refractivity contribution in [2.75, 3.05) is 0 Å². The van der Waals surface area contributed by atoms with Crippen molar-refractivity contribution in [3.05, 3.63) is 49.7 Å². The Morgan fingerprint density at radius 2 is 2.12 bits per heavy atom. The molecule has 0 aromatic heterocycles. The van der Waals surface area contributed by atoms with Crippen LogP contribution in [0, 0.1) is 5.82 Å². The third-order valence-electron chi connectivity index (χ3n) is 1.70. The fraction of sp³-hybridized carbons (Fsp3) is 0. The summed E-state index contributed by atoms with van der Waals surface area (Å²) in [5, 5.41) is 11.5. The highest BCUT2D eigenvalue weighted by molar-refractivity contribution is 6.35. The minimum Gasteiger partial charge on any atom is -0.478 e. The second-order valence-corrected chi connectivity index (χ2v) is 3.63. The molecule has 1 aromatic carbocycles. The summed E-state index contributed by atoms with van der Waals surface area (Å²) >= 11 is 11.2. The van der Waals surface area contributed by atoms with Gasteiger partial charge >= 0.3 is 5.97 Å². The first-order valence-electron chi connectivity index (χ1n) is 4.10. The van der Waals surface area contributed by atoms with Gasteiger partial charge in [-0.3, -0.25) is 0 Å². The van der Waals surface area contributed by atoms with E-state index >= 15 is 0 Å². The minimum atomic E-state index is -1.45. The maximum atomic E-state index is 13.1. The summed E-state index contributed by atoms with van der Waals surface area (Å²) in [5.74, 6) is -2.21. The number of carboxylic acids is 1. The van der Waals surface area contributed by atoms with E-state index in [-0.39, 0.29) is 15.6 Å². The molecule has 0 unspecified atom stereocenters. The normalized spacial score (nSPS) is 10.9. The number of carboxylic acid groups (broad SMARTS) is 1. The summed E-state index contributed by atoms with van der Waals surface area (Å²) in [5.41, 5.74) is 7.61. The van der Waals surface area contributed by atoms with Gasteiger partial charge in [-0.15, -0.1) is 0 Å². The number of hydrogen-bond acceptors (Lipinski definition) is 2. The zero-order valence-electron chi connectivity index (χ0n) is 8.06. The van der Waals surface area contributed by atoms with Crippen LogP contribution in [0.5, 0.6) is 0 Å². The molecule has 0 heterocycles. The third-order valence-corrected chi connectivity index (χ3v) is 2.32. The largest absolute Gasteiger partial charge is 0.478 e. The van der Waals surface area contributed by atoms with E-state index in [4.69, 9.17) is 33.8 Å². The van der Waals surface area contributed by atoms with Gasteiger partial charge in [0.15, 0.2) is 0 Å². The molecular weight excluding hydrogens is 272 g/mol. The van der Waals surface area contributed by atoms with Crippen LogP contribution in [0.1, 0.15) is 5.56 Å². The lowest BCUT2D eigenvalue weighted by atomic mass is 10.2. The average molecular weight is 276 g/mol. The predicted octanol–water partition coefficient (Wildman–Crippen LogP) is 3.87. The summed E-state index contributed by atoms with van der Waals surface area (Å²) in [4.78, 5) is 13.0. The number of nitrogens with zero attached hydrogens (tertiary/aromatic N) is 3. The van der Waals surface area contributed by atoms with Gasteiger partial charge in [0.05, 0.1) is 5.02 Å². The Balaban J connectivity index is 3.34. The van der Waals surface area contributed by atoms with Crippen LogP contribution in [0.2, 0.25) is 10.0 Å². The summed E-state index contributed by atoms with van der Waals surface area (Å²) < 4.78 is 13.1. The van der Waals surface area contributed by atoms with Crippen LogP contribution in [0.4, 0.5) is 4.39 Å². The van der Waals surface area contributed by atoms with Crippen molar-refractivity contribution in [3.63, 3.8) is 0 Å². The van der Waals surface area contributed by atoms with E-state index in [9.17, 15) is 9.18 Å². The topological polar surface area (TPSA) is 86.1 Å². The van der Waals surface area contributed by atoms with E-state index in [1.165, 1.54) is 0 Å². The molecule has 0 amide bonds. The Hall–Kier alpha value is -1.75. The molecule has 1 rings (SSSR count). The Morgan fingerprint density at radius 3 is 2.65 bits per heavy atom. The van der Waals surface area contributed by atoms with E-state index in [2.05, 4.69) is 10.0 Å². The molecule has 0 fully saturated rings. The van der Waals surface area contributed by atoms with Crippen molar-refractivity contribution in [2.45, 2.75) is 0 Å². The van der Waals surface area contributed by atoms with Gasteiger partial charge in [-0.05, 0) is 29.3 Å². The van der Waals surface area contributed by atoms with Crippen LogP contribution in [-0.2, 0) is 4.79 Å². The van der Waals surface area contributed by atoms with Crippen molar-refractivity contribution in [1.29, 1.82) is 0 Å². The molecule has 1 N–H and O–H groups in total. The first-order valence-corrected chi connectivity index (χ1v) is 4.86. The first-order chi connectivity index (χ1) is 7.95. The standard InChI is InChI=1S/C9H4Cl2FN3O2/c10-5-3-6(11)7(12)1-4(5)2-8(9(16)17)14-15-13/h1-3H,(H,16,17)/b8-2-. The van der Waals surface area contributed by atoms with Gasteiger partial charge in [-0.1, -0.05) is 28.3 Å². The maximum Gasteiger partial charge on any atom is 0.338 e. The van der Waals surface area contributed by atoms with Crippen LogP contribution in [0.15, 0.2) is 22.9 Å². The molecule has 0 aliphatic carbocycles. The van der Waals surface area contributed by atoms with Gasteiger partial charge in [-0.25, -0.2) is 9.18 Å². The molecule has 8 heteroatoms. The van der Waals surface area contributed by atoms with Crippen LogP contribution >= 0.6 is 23.2 Å². The highest BCUT2D eigenvalue weighted by atomic mass is 35.5. The van der Waals surface area contributed by atoms with Gasteiger partial charge in [0, 0.05) is 9.93 Å². The predicted molar refractivity (Wildman–Crippen MR) is 61.2 cm³/mol. The molecule has 0 saturated heterocycles. The molecule has 1 aromatic rings. The SMILES string of the molecule is [N-]=[N+]=N/C(=C\c1cc(F)c(Cl)cc1Cl)C(=O)O. The first kappa shape index (κ1) is 13.3. The average Bonchev–Trinajstić information content (AvgIpc) is 2.24. The van der Waals surface area contributed by atoms with Crippen LogP contribution in [0.3, 0.4) is 0 Å². The van der Waals surface area contributed by atoms with Gasteiger partial charge in [-0.2, -0.15) is 0 Å². The zero-order valence-corrected chi connectivity index (χ0v) is 9.57. The quantitative estimate of drug-likeness (QED) is 0.298. The molecule has 0 aliphatic rings. The summed E-state index contributed by atoms with van der Waals surface area (Å²) in [7, 11) is 0. The van der Waals surface area contributed by atoms with Gasteiger partial charge in [0.2, 0.25) is 0 Å². The van der Waals surface area contributed by atoms with Crippen LogP contribution in [0.25, 0.3) is 16.5 Å². The Morgan fingerprint density at radius 1 is 1.47 bits per heavy atom. The summed E-state index contributed by atoms with van der Waals surface area (Å²) in [6.07, 6.45) is 0.948. The Kier molecular flexibility index (Phi) is 4.34. The molecule has 0 aliphatic heterocycles. The summed E-state index contributed by atoms with van der Waals surface area (Å²) in [6, 6.07) is 2.07. The molecule has 5 nitrogen and oxygen atoms in total. The van der Waals surface area contributed by atoms with E-state index < -0.39 is 17.5 Å². The fourth-order valence-electron chi connectivity index (χ4n) is 0.977. The molecule has 0 saturated carbocycles. The lowest BCUT2D eigenvalue weighted by Gasteiger charge is -2.01. The Labute approximate surface area is 105 Å². The van der Waals surface area contributed by atoms with Gasteiger partial charge in [0.25, 0.3) is 0 Å². The van der Waals surface area contributed by atoms with Crippen molar-refractivity contribution >= 4 is 35.2 Å². The second-order valence-electron chi connectivity index (χ2n) is 2.81. The number of halogens is 3. The second kappa shape index (κ2) is 5.54. The number of carbonyl (C=O) groups is 1. The highest BCUT2D eigenvalue weighted by Gasteiger charge is 2.09. The van der Waals surface area contributed by atoms with Crippen molar-refractivity contribution in [2.24, 2.45) is 5.11 Å². The smallest absolute Gasteiger partial charge is 0.338 e. The fourth-order valence-corrected chi connectivity index (χ4v) is 1.42. The minimum absolute atomic E-state index is 0.0447. The highest BCUT2D eigenvalue weighted by Crippen LogP contribution is 2.26. The Bertz CT molecular complexity index is 549. The van der Waals surface area contributed by atoms with Crippen LogP contribution in [-0.4, -0.2) is 11.1 Å². The number of aliphatic carboxylic acids is 1. The molecule has 0 radical (unpaired) electrons. The van der Waals surface area contributed by atoms with Crippen molar-refractivity contribution in [1.82, 2.24) is 0 Å². The van der Waals surface area contributed by atoms with Crippen molar-refractivity contribution in [3.8, 4) is 0 Å². The van der Waals surface area contributed by atoms with E-state index in [0.717, 1.165) is 18.2 Å². The van der Waals surface area contributed by atoms with Crippen molar-refractivity contribution < 1.29 is 14.3 Å². The van der Waals surface area contributed by atoms with Gasteiger partial charge in [0.1, 0.15) is 11.5 Å². The molecule has 0 bridgehead atoms. The molecule has 0 spiro atoms. The number of azide groups is 1. The zero-order chi connectivity index (χ0) is 13.0. The van der Waals surface area contributed by atoms with E-state index in [1.807, 2.05) is 0 Å². The monoisotopic (exact) mass is 275 g/mol. The number of benzene rings is 1. The molecule has 0 atom stereocenters. The molecular formula is C9H4Cl2FN3O2. The number of hydrogen-bond donors (Lipinski definition) is 1. The van der Waals surface area contributed by atoms with Gasteiger partial charge < -0.3 is 5.11 Å². The lowest BCUT2D eigenvalue weighted by Crippen LogP contribution is -1.97.